The first-order valence-electron chi connectivity index (χ1n) is 4.80. The van der Waals surface area contributed by atoms with Gasteiger partial charge in [0, 0.05) is 6.08 Å². The average molecular weight is 206 g/mol. The van der Waals surface area contributed by atoms with E-state index in [-0.39, 0.29) is 0 Å². The number of carboxylic acid groups (broad SMARTS) is 1. The number of likely N-dealkylation sites (N-methyl/N-ethyl adjacent to an activating group) is 1. The van der Waals surface area contributed by atoms with Crippen LogP contribution >= 0.6 is 0 Å². The van der Waals surface area contributed by atoms with Gasteiger partial charge in [0.2, 0.25) is 0 Å². The monoisotopic (exact) mass is 206 g/mol. The number of carbonyl (C=O) groups is 1. The molecule has 1 aromatic carbocycles. The number of benzene rings is 1. The van der Waals surface area contributed by atoms with Gasteiger partial charge >= 0.3 is 5.97 Å². The summed E-state index contributed by atoms with van der Waals surface area (Å²) in [5, 5.41) is 8.49. The van der Waals surface area contributed by atoms with Crippen LogP contribution in [-0.2, 0) is 4.79 Å². The van der Waals surface area contributed by atoms with Gasteiger partial charge in [-0.2, -0.15) is 0 Å². The predicted octanol–water partition coefficient (Wildman–Crippen LogP) is 1.89. The second-order valence-corrected chi connectivity index (χ2v) is 3.94. The predicted molar refractivity (Wildman–Crippen MR) is 61.7 cm³/mol. The molecule has 0 aromatic heterocycles. The molecule has 80 valence electrons. The Morgan fingerprint density at radius 1 is 1.33 bits per heavy atom. The summed E-state index contributed by atoms with van der Waals surface area (Å²) in [5.41, 5.74) is 1.16. The molecule has 0 heterocycles. The topological polar surface area (TPSA) is 37.3 Å². The molecule has 1 aromatic rings. The van der Waals surface area contributed by atoms with Crippen molar-refractivity contribution in [3.63, 3.8) is 0 Å². The molecule has 1 rings (SSSR count). The number of carboxylic acids is 1. The maximum absolute atomic E-state index is 10.3. The first-order chi connectivity index (χ1) is 7.02. The van der Waals surface area contributed by atoms with Gasteiger partial charge in [-0.25, -0.2) is 4.79 Å². The van der Waals surface area contributed by atoms with Crippen molar-refractivity contribution < 1.29 is 9.90 Å². The van der Waals surface area contributed by atoms with Crippen LogP contribution in [0.15, 0.2) is 42.5 Å². The van der Waals surface area contributed by atoms with E-state index in [2.05, 4.69) is 0 Å². The van der Waals surface area contributed by atoms with Crippen LogP contribution in [0.2, 0.25) is 0 Å². The Morgan fingerprint density at radius 2 is 1.93 bits per heavy atom. The third-order valence-electron chi connectivity index (χ3n) is 2.28. The molecule has 0 amide bonds. The van der Waals surface area contributed by atoms with E-state index < -0.39 is 5.97 Å². The van der Waals surface area contributed by atoms with Crippen molar-refractivity contribution in [2.75, 3.05) is 20.6 Å². The van der Waals surface area contributed by atoms with E-state index in [4.69, 9.17) is 5.11 Å². The Balaban J connectivity index is 2.71. The molecule has 0 aliphatic rings. The summed E-state index contributed by atoms with van der Waals surface area (Å²) in [4.78, 5) is 10.3. The molecule has 0 aliphatic heterocycles. The highest BCUT2D eigenvalue weighted by molar-refractivity contribution is 5.79. The Morgan fingerprint density at radius 3 is 2.47 bits per heavy atom. The van der Waals surface area contributed by atoms with Gasteiger partial charge in [-0.15, -0.1) is 0 Å². The number of aliphatic carboxylic acids is 1. The van der Waals surface area contributed by atoms with Crippen LogP contribution in [0.1, 0.15) is 0 Å². The van der Waals surface area contributed by atoms with Gasteiger partial charge in [0.15, 0.2) is 0 Å². The minimum Gasteiger partial charge on any atom is -0.478 e. The highest BCUT2D eigenvalue weighted by atomic mass is 16.4. The number of quaternary nitrogens is 1. The molecule has 0 radical (unpaired) electrons. The number of rotatable bonds is 4. The molecule has 0 bridgehead atoms. The van der Waals surface area contributed by atoms with E-state index in [1.165, 1.54) is 6.08 Å². The van der Waals surface area contributed by atoms with Gasteiger partial charge in [0.25, 0.3) is 0 Å². The van der Waals surface area contributed by atoms with E-state index in [9.17, 15) is 4.79 Å². The third-order valence-corrected chi connectivity index (χ3v) is 2.28. The van der Waals surface area contributed by atoms with Crippen molar-refractivity contribution in [1.29, 1.82) is 0 Å². The summed E-state index contributed by atoms with van der Waals surface area (Å²) in [7, 11) is 4.09. The van der Waals surface area contributed by atoms with Crippen molar-refractivity contribution in [3.05, 3.63) is 42.5 Å². The first-order valence-corrected chi connectivity index (χ1v) is 4.80. The Hall–Kier alpha value is -1.61. The van der Waals surface area contributed by atoms with Gasteiger partial charge in [-0.3, -0.25) is 4.48 Å². The number of hydrogen-bond donors (Lipinski definition) is 1. The van der Waals surface area contributed by atoms with Crippen molar-refractivity contribution in [2.45, 2.75) is 0 Å². The highest BCUT2D eigenvalue weighted by Gasteiger charge is 2.15. The van der Waals surface area contributed by atoms with Crippen LogP contribution in [0.5, 0.6) is 0 Å². The Bertz CT molecular complexity index is 355. The smallest absolute Gasteiger partial charge is 0.328 e. The molecule has 15 heavy (non-hydrogen) atoms. The molecule has 0 saturated heterocycles. The van der Waals surface area contributed by atoms with Gasteiger partial charge < -0.3 is 5.11 Å². The van der Waals surface area contributed by atoms with Gasteiger partial charge in [0.1, 0.15) is 12.2 Å². The zero-order valence-electron chi connectivity index (χ0n) is 9.05. The van der Waals surface area contributed by atoms with Crippen molar-refractivity contribution >= 4 is 11.7 Å². The molecular weight excluding hydrogens is 190 g/mol. The Kier molecular flexibility index (Phi) is 3.63. The second kappa shape index (κ2) is 4.75. The van der Waals surface area contributed by atoms with E-state index in [1.54, 1.807) is 6.08 Å². The van der Waals surface area contributed by atoms with Crippen LogP contribution in [0.3, 0.4) is 0 Å². The molecule has 0 spiro atoms. The summed E-state index contributed by atoms with van der Waals surface area (Å²) in [6, 6.07) is 10.0. The van der Waals surface area contributed by atoms with Crippen molar-refractivity contribution in [1.82, 2.24) is 4.48 Å². The van der Waals surface area contributed by atoms with E-state index in [1.807, 2.05) is 44.4 Å². The quantitative estimate of drug-likeness (QED) is 0.603. The number of nitrogens with zero attached hydrogens (tertiary/aromatic N) is 1. The lowest BCUT2D eigenvalue weighted by Crippen LogP contribution is -2.40. The third kappa shape index (κ3) is 3.56. The Labute approximate surface area is 89.9 Å². The average Bonchev–Trinajstić information content (AvgIpc) is 2.18. The van der Waals surface area contributed by atoms with Gasteiger partial charge in [0.05, 0.1) is 14.1 Å². The SMILES string of the molecule is C[N+](C)(CC=CC(=O)O)c1ccccc1. The lowest BCUT2D eigenvalue weighted by atomic mass is 10.2. The van der Waals surface area contributed by atoms with Crippen LogP contribution in [-0.4, -0.2) is 31.7 Å². The van der Waals surface area contributed by atoms with Crippen LogP contribution < -0.4 is 4.48 Å². The summed E-state index contributed by atoms with van der Waals surface area (Å²) in [5.74, 6) is -0.900. The standard InChI is InChI=1S/C12H15NO2/c1-13(2,10-6-9-12(14)15)11-7-4-3-5-8-11/h3-9H,10H2,1-2H3/p+1. The summed E-state index contributed by atoms with van der Waals surface area (Å²) >= 11 is 0. The summed E-state index contributed by atoms with van der Waals surface area (Å²) in [6.45, 7) is 0.663. The van der Waals surface area contributed by atoms with Gasteiger partial charge in [-0.1, -0.05) is 18.2 Å². The molecule has 0 aliphatic carbocycles. The van der Waals surface area contributed by atoms with E-state index in [0.29, 0.717) is 11.0 Å². The molecule has 0 saturated carbocycles. The molecule has 1 N–H and O–H groups in total. The number of hydrogen-bond acceptors (Lipinski definition) is 1. The number of para-hydroxylation sites is 1. The maximum atomic E-state index is 10.3. The van der Waals surface area contributed by atoms with Crippen molar-refractivity contribution in [2.24, 2.45) is 0 Å². The molecular formula is C12H16NO2+. The summed E-state index contributed by atoms with van der Waals surface area (Å²) < 4.78 is 0.643. The largest absolute Gasteiger partial charge is 0.478 e. The minimum absolute atomic E-state index is 0.643. The molecule has 0 atom stereocenters. The fraction of sp³-hybridized carbons (Fsp3) is 0.250. The lowest BCUT2D eigenvalue weighted by molar-refractivity contribution is -0.131. The lowest BCUT2D eigenvalue weighted by Gasteiger charge is -2.27. The van der Waals surface area contributed by atoms with Crippen LogP contribution in [0.4, 0.5) is 5.69 Å². The van der Waals surface area contributed by atoms with Crippen LogP contribution in [0, 0.1) is 0 Å². The van der Waals surface area contributed by atoms with Crippen molar-refractivity contribution in [3.8, 4) is 0 Å². The van der Waals surface area contributed by atoms with Crippen LogP contribution in [0.25, 0.3) is 0 Å². The van der Waals surface area contributed by atoms with E-state index in [0.717, 1.165) is 5.69 Å². The normalized spacial score (nSPS) is 11.9. The molecule has 3 nitrogen and oxygen atoms in total. The highest BCUT2D eigenvalue weighted by Crippen LogP contribution is 2.17. The first kappa shape index (κ1) is 11.5. The molecule has 0 unspecified atom stereocenters. The summed E-state index contributed by atoms with van der Waals surface area (Å²) in [6.07, 6.45) is 2.86. The van der Waals surface area contributed by atoms with Gasteiger partial charge in [-0.05, 0) is 18.2 Å². The fourth-order valence-corrected chi connectivity index (χ4v) is 1.35. The molecule has 3 heteroatoms. The van der Waals surface area contributed by atoms with E-state index >= 15 is 0 Å². The zero-order chi connectivity index (χ0) is 11.3. The zero-order valence-corrected chi connectivity index (χ0v) is 9.05. The minimum atomic E-state index is -0.900. The molecule has 0 fully saturated rings. The second-order valence-electron chi connectivity index (χ2n) is 3.94. The maximum Gasteiger partial charge on any atom is 0.328 e. The fourth-order valence-electron chi connectivity index (χ4n) is 1.35.